The standard InChI is InChI=1S/C15H24N2O/c1-11-9-12(2)14(13(3)10-11)15(18)17(5)8-6-7-16-4/h9-10,16H,6-8H2,1-5H3. The number of rotatable bonds is 5. The highest BCUT2D eigenvalue weighted by atomic mass is 16.2. The monoisotopic (exact) mass is 248 g/mol. The van der Waals surface area contributed by atoms with Gasteiger partial charge >= 0.3 is 0 Å². The molecule has 1 rings (SSSR count). The second kappa shape index (κ2) is 6.55. The van der Waals surface area contributed by atoms with Crippen molar-refractivity contribution in [3.8, 4) is 0 Å². The van der Waals surface area contributed by atoms with Crippen LogP contribution in [-0.4, -0.2) is 38.0 Å². The SMILES string of the molecule is CNCCCN(C)C(=O)c1c(C)cc(C)cc1C. The van der Waals surface area contributed by atoms with E-state index < -0.39 is 0 Å². The Balaban J connectivity index is 2.83. The Labute approximate surface area is 110 Å². The third-order valence-corrected chi connectivity index (χ3v) is 3.16. The first-order valence-corrected chi connectivity index (χ1v) is 6.45. The fraction of sp³-hybridized carbons (Fsp3) is 0.533. The maximum atomic E-state index is 12.4. The molecule has 0 saturated heterocycles. The van der Waals surface area contributed by atoms with Crippen LogP contribution in [-0.2, 0) is 0 Å². The lowest BCUT2D eigenvalue weighted by molar-refractivity contribution is 0.0792. The molecule has 0 radical (unpaired) electrons. The summed E-state index contributed by atoms with van der Waals surface area (Å²) in [7, 11) is 3.80. The van der Waals surface area contributed by atoms with Crippen molar-refractivity contribution in [1.82, 2.24) is 10.2 Å². The van der Waals surface area contributed by atoms with E-state index in [2.05, 4.69) is 24.4 Å². The van der Waals surface area contributed by atoms with Crippen molar-refractivity contribution in [2.75, 3.05) is 27.2 Å². The summed E-state index contributed by atoms with van der Waals surface area (Å²) in [6.07, 6.45) is 0.975. The molecule has 1 aromatic rings. The lowest BCUT2D eigenvalue weighted by atomic mass is 9.99. The molecule has 0 bridgehead atoms. The molecule has 0 spiro atoms. The molecule has 0 aliphatic rings. The molecular formula is C15H24N2O. The molecule has 1 aromatic carbocycles. The van der Waals surface area contributed by atoms with Gasteiger partial charge < -0.3 is 10.2 Å². The Morgan fingerprint density at radius 3 is 2.28 bits per heavy atom. The van der Waals surface area contributed by atoms with E-state index in [1.54, 1.807) is 0 Å². The topological polar surface area (TPSA) is 32.3 Å². The average molecular weight is 248 g/mol. The quantitative estimate of drug-likeness (QED) is 0.811. The van der Waals surface area contributed by atoms with Crippen LogP contribution in [0.2, 0.25) is 0 Å². The maximum Gasteiger partial charge on any atom is 0.254 e. The molecule has 0 aliphatic heterocycles. The van der Waals surface area contributed by atoms with Crippen molar-refractivity contribution < 1.29 is 4.79 Å². The highest BCUT2D eigenvalue weighted by Gasteiger charge is 2.16. The van der Waals surface area contributed by atoms with Gasteiger partial charge in [0.05, 0.1) is 0 Å². The van der Waals surface area contributed by atoms with E-state index in [-0.39, 0.29) is 5.91 Å². The van der Waals surface area contributed by atoms with Gasteiger partial charge in [0.25, 0.3) is 5.91 Å². The van der Waals surface area contributed by atoms with Gasteiger partial charge in [-0.05, 0) is 51.9 Å². The van der Waals surface area contributed by atoms with Crippen LogP contribution in [0.25, 0.3) is 0 Å². The summed E-state index contributed by atoms with van der Waals surface area (Å²) in [6, 6.07) is 4.14. The first kappa shape index (κ1) is 14.7. The average Bonchev–Trinajstić information content (AvgIpc) is 2.27. The highest BCUT2D eigenvalue weighted by molar-refractivity contribution is 5.97. The van der Waals surface area contributed by atoms with Crippen LogP contribution < -0.4 is 5.32 Å². The predicted octanol–water partition coefficient (Wildman–Crippen LogP) is 2.29. The number of nitrogens with one attached hydrogen (secondary N) is 1. The Kier molecular flexibility index (Phi) is 5.35. The fourth-order valence-electron chi connectivity index (χ4n) is 2.30. The summed E-state index contributed by atoms with van der Waals surface area (Å²) in [5.41, 5.74) is 4.20. The second-order valence-corrected chi connectivity index (χ2v) is 4.96. The highest BCUT2D eigenvalue weighted by Crippen LogP contribution is 2.18. The van der Waals surface area contributed by atoms with Crippen LogP contribution in [0.15, 0.2) is 12.1 Å². The van der Waals surface area contributed by atoms with E-state index in [0.717, 1.165) is 36.2 Å². The lowest BCUT2D eigenvalue weighted by Crippen LogP contribution is -2.30. The van der Waals surface area contributed by atoms with Gasteiger partial charge in [0.1, 0.15) is 0 Å². The maximum absolute atomic E-state index is 12.4. The van der Waals surface area contributed by atoms with Crippen LogP contribution in [0.1, 0.15) is 33.5 Å². The van der Waals surface area contributed by atoms with E-state index in [0.29, 0.717) is 0 Å². The van der Waals surface area contributed by atoms with Gasteiger partial charge in [0, 0.05) is 19.2 Å². The summed E-state index contributed by atoms with van der Waals surface area (Å²) in [5, 5.41) is 3.09. The molecule has 3 heteroatoms. The third kappa shape index (κ3) is 3.57. The molecule has 0 aliphatic carbocycles. The first-order valence-electron chi connectivity index (χ1n) is 6.45. The van der Waals surface area contributed by atoms with Crippen LogP contribution in [0.4, 0.5) is 0 Å². The Morgan fingerprint density at radius 2 is 1.78 bits per heavy atom. The van der Waals surface area contributed by atoms with Crippen LogP contribution in [0.3, 0.4) is 0 Å². The number of amides is 1. The predicted molar refractivity (Wildman–Crippen MR) is 76.2 cm³/mol. The molecule has 1 N–H and O–H groups in total. The molecule has 0 fully saturated rings. The number of benzene rings is 1. The normalized spacial score (nSPS) is 10.5. The molecule has 0 saturated carbocycles. The smallest absolute Gasteiger partial charge is 0.254 e. The molecule has 3 nitrogen and oxygen atoms in total. The molecule has 0 atom stereocenters. The zero-order valence-corrected chi connectivity index (χ0v) is 12.1. The zero-order chi connectivity index (χ0) is 13.7. The molecular weight excluding hydrogens is 224 g/mol. The summed E-state index contributed by atoms with van der Waals surface area (Å²) in [4.78, 5) is 14.2. The van der Waals surface area contributed by atoms with Crippen molar-refractivity contribution in [3.63, 3.8) is 0 Å². The molecule has 0 aromatic heterocycles. The molecule has 0 unspecified atom stereocenters. The number of carbonyl (C=O) groups excluding carboxylic acids is 1. The van der Waals surface area contributed by atoms with Crippen molar-refractivity contribution in [2.45, 2.75) is 27.2 Å². The van der Waals surface area contributed by atoms with E-state index in [1.165, 1.54) is 5.56 Å². The number of carbonyl (C=O) groups is 1. The van der Waals surface area contributed by atoms with E-state index in [1.807, 2.05) is 32.8 Å². The second-order valence-electron chi connectivity index (χ2n) is 4.96. The van der Waals surface area contributed by atoms with Crippen molar-refractivity contribution in [2.24, 2.45) is 0 Å². The van der Waals surface area contributed by atoms with Gasteiger partial charge in [-0.15, -0.1) is 0 Å². The van der Waals surface area contributed by atoms with Gasteiger partial charge in [-0.1, -0.05) is 17.7 Å². The Hall–Kier alpha value is -1.35. The molecule has 1 amide bonds. The van der Waals surface area contributed by atoms with Crippen molar-refractivity contribution in [1.29, 1.82) is 0 Å². The fourth-order valence-corrected chi connectivity index (χ4v) is 2.30. The largest absolute Gasteiger partial charge is 0.342 e. The third-order valence-electron chi connectivity index (χ3n) is 3.16. The Bertz CT molecular complexity index is 403. The summed E-state index contributed by atoms with van der Waals surface area (Å²) in [6.45, 7) is 7.80. The van der Waals surface area contributed by atoms with Gasteiger partial charge in [-0.2, -0.15) is 0 Å². The molecule has 100 valence electrons. The van der Waals surface area contributed by atoms with Crippen LogP contribution in [0.5, 0.6) is 0 Å². The van der Waals surface area contributed by atoms with E-state index in [9.17, 15) is 4.79 Å². The van der Waals surface area contributed by atoms with E-state index >= 15 is 0 Å². The first-order chi connectivity index (χ1) is 8.47. The van der Waals surface area contributed by atoms with Gasteiger partial charge in [-0.25, -0.2) is 0 Å². The minimum absolute atomic E-state index is 0.126. The number of hydrogen-bond donors (Lipinski definition) is 1. The van der Waals surface area contributed by atoms with Gasteiger partial charge in [-0.3, -0.25) is 4.79 Å². The van der Waals surface area contributed by atoms with Crippen LogP contribution >= 0.6 is 0 Å². The van der Waals surface area contributed by atoms with E-state index in [4.69, 9.17) is 0 Å². The summed E-state index contributed by atoms with van der Waals surface area (Å²) in [5.74, 6) is 0.126. The van der Waals surface area contributed by atoms with Crippen LogP contribution in [0, 0.1) is 20.8 Å². The number of hydrogen-bond acceptors (Lipinski definition) is 2. The van der Waals surface area contributed by atoms with Crippen molar-refractivity contribution in [3.05, 3.63) is 34.4 Å². The Morgan fingerprint density at radius 1 is 1.22 bits per heavy atom. The molecule has 0 heterocycles. The van der Waals surface area contributed by atoms with Gasteiger partial charge in [0.15, 0.2) is 0 Å². The molecule has 18 heavy (non-hydrogen) atoms. The zero-order valence-electron chi connectivity index (χ0n) is 12.1. The van der Waals surface area contributed by atoms with Gasteiger partial charge in [0.2, 0.25) is 0 Å². The summed E-state index contributed by atoms with van der Waals surface area (Å²) < 4.78 is 0. The summed E-state index contributed by atoms with van der Waals surface area (Å²) >= 11 is 0. The van der Waals surface area contributed by atoms with Crippen molar-refractivity contribution >= 4 is 5.91 Å². The lowest BCUT2D eigenvalue weighted by Gasteiger charge is -2.20. The number of aryl methyl sites for hydroxylation is 3. The minimum Gasteiger partial charge on any atom is -0.342 e. The number of nitrogens with zero attached hydrogens (tertiary/aromatic N) is 1. The minimum atomic E-state index is 0.126.